The van der Waals surface area contributed by atoms with Gasteiger partial charge in [-0.2, -0.15) is 5.10 Å². The summed E-state index contributed by atoms with van der Waals surface area (Å²) >= 11 is 0. The van der Waals surface area contributed by atoms with Crippen molar-refractivity contribution in [2.45, 2.75) is 40.3 Å². The molecular weight excluding hydrogens is 308 g/mol. The number of hydrogen-bond acceptors (Lipinski definition) is 4. The standard InChI is InChI=1S/C16H20N6O2/c1-9-5-11(3)21(19-9)8-15(23)17-12(4)13-7-16(24)22-14(18-13)6-10(2)20-22/h5-7,12,20H,8H2,1-4H3,(H,17,23)/t12-/m1/s1. The Labute approximate surface area is 138 Å². The molecule has 3 aromatic rings. The molecule has 0 fully saturated rings. The molecule has 126 valence electrons. The molecule has 0 saturated heterocycles. The Morgan fingerprint density at radius 1 is 1.29 bits per heavy atom. The zero-order chi connectivity index (χ0) is 17.4. The van der Waals surface area contributed by atoms with Crippen LogP contribution in [0.25, 0.3) is 5.65 Å². The third-order valence-corrected chi connectivity index (χ3v) is 3.82. The Morgan fingerprint density at radius 3 is 2.71 bits per heavy atom. The Balaban J connectivity index is 1.76. The highest BCUT2D eigenvalue weighted by Gasteiger charge is 2.15. The van der Waals surface area contributed by atoms with E-state index < -0.39 is 0 Å². The second-order valence-electron chi connectivity index (χ2n) is 6.03. The number of hydrogen-bond donors (Lipinski definition) is 2. The molecule has 0 saturated carbocycles. The lowest BCUT2D eigenvalue weighted by Gasteiger charge is -2.14. The SMILES string of the molecule is Cc1cc(C)n(CC(=O)N[C@H](C)c2cc(=O)n3[nH]c(C)cc3n2)n1. The van der Waals surface area contributed by atoms with Crippen LogP contribution in [0.2, 0.25) is 0 Å². The minimum absolute atomic E-state index is 0.133. The fourth-order valence-electron chi connectivity index (χ4n) is 2.68. The summed E-state index contributed by atoms with van der Waals surface area (Å²) in [6, 6.07) is 4.76. The van der Waals surface area contributed by atoms with Gasteiger partial charge in [-0.3, -0.25) is 19.4 Å². The van der Waals surface area contributed by atoms with Crippen molar-refractivity contribution in [1.29, 1.82) is 0 Å². The molecular formula is C16H20N6O2. The maximum absolute atomic E-state index is 12.2. The lowest BCUT2D eigenvalue weighted by molar-refractivity contribution is -0.122. The molecule has 0 unspecified atom stereocenters. The van der Waals surface area contributed by atoms with Gasteiger partial charge in [0, 0.05) is 23.5 Å². The van der Waals surface area contributed by atoms with E-state index in [1.54, 1.807) is 17.7 Å². The molecule has 1 amide bonds. The molecule has 2 N–H and O–H groups in total. The van der Waals surface area contributed by atoms with Crippen LogP contribution in [0.15, 0.2) is 23.0 Å². The van der Waals surface area contributed by atoms with E-state index in [1.807, 2.05) is 26.8 Å². The molecule has 0 aliphatic rings. The highest BCUT2D eigenvalue weighted by molar-refractivity contribution is 5.76. The largest absolute Gasteiger partial charge is 0.346 e. The number of carbonyl (C=O) groups is 1. The Bertz CT molecular complexity index is 965. The van der Waals surface area contributed by atoms with Crippen LogP contribution in [-0.2, 0) is 11.3 Å². The van der Waals surface area contributed by atoms with Gasteiger partial charge in [0.25, 0.3) is 5.56 Å². The van der Waals surface area contributed by atoms with Crippen LogP contribution in [0.1, 0.15) is 35.7 Å². The van der Waals surface area contributed by atoms with Crippen molar-refractivity contribution < 1.29 is 4.79 Å². The highest BCUT2D eigenvalue weighted by atomic mass is 16.2. The number of H-pyrrole nitrogens is 1. The number of carbonyl (C=O) groups excluding carboxylic acids is 1. The van der Waals surface area contributed by atoms with Crippen molar-refractivity contribution >= 4 is 11.6 Å². The maximum atomic E-state index is 12.2. The van der Waals surface area contributed by atoms with E-state index in [0.717, 1.165) is 17.1 Å². The van der Waals surface area contributed by atoms with Gasteiger partial charge < -0.3 is 5.32 Å². The Morgan fingerprint density at radius 2 is 2.04 bits per heavy atom. The van der Waals surface area contributed by atoms with Crippen LogP contribution in [0, 0.1) is 20.8 Å². The summed E-state index contributed by atoms with van der Waals surface area (Å²) in [5.74, 6) is -0.180. The third kappa shape index (κ3) is 3.08. The minimum atomic E-state index is -0.373. The van der Waals surface area contributed by atoms with Gasteiger partial charge in [0.15, 0.2) is 5.65 Å². The van der Waals surface area contributed by atoms with Crippen LogP contribution >= 0.6 is 0 Å². The van der Waals surface area contributed by atoms with Crippen molar-refractivity contribution in [2.75, 3.05) is 0 Å². The molecule has 3 rings (SSSR count). The Kier molecular flexibility index (Phi) is 3.96. The minimum Gasteiger partial charge on any atom is -0.346 e. The van der Waals surface area contributed by atoms with Gasteiger partial charge in [-0.25, -0.2) is 9.50 Å². The maximum Gasteiger partial charge on any atom is 0.272 e. The lowest BCUT2D eigenvalue weighted by Crippen LogP contribution is -2.32. The van der Waals surface area contributed by atoms with E-state index in [-0.39, 0.29) is 24.1 Å². The summed E-state index contributed by atoms with van der Waals surface area (Å²) in [7, 11) is 0. The smallest absolute Gasteiger partial charge is 0.272 e. The number of aromatic amines is 1. The van der Waals surface area contributed by atoms with Gasteiger partial charge in [0.05, 0.1) is 17.4 Å². The number of nitrogens with zero attached hydrogens (tertiary/aromatic N) is 4. The second-order valence-corrected chi connectivity index (χ2v) is 6.03. The van der Waals surface area contributed by atoms with Crippen molar-refractivity contribution in [2.24, 2.45) is 0 Å². The fraction of sp³-hybridized carbons (Fsp3) is 0.375. The molecule has 0 aliphatic carbocycles. The fourth-order valence-corrected chi connectivity index (χ4v) is 2.68. The number of aromatic nitrogens is 5. The summed E-state index contributed by atoms with van der Waals surface area (Å²) in [5.41, 5.74) is 3.50. The predicted octanol–water partition coefficient (Wildman–Crippen LogP) is 1.02. The highest BCUT2D eigenvalue weighted by Crippen LogP contribution is 2.10. The molecule has 0 aliphatic heterocycles. The average Bonchev–Trinajstić information content (AvgIpc) is 3.00. The average molecular weight is 328 g/mol. The number of rotatable bonds is 4. The molecule has 0 spiro atoms. The monoisotopic (exact) mass is 328 g/mol. The summed E-state index contributed by atoms with van der Waals surface area (Å²) in [4.78, 5) is 28.8. The zero-order valence-electron chi connectivity index (χ0n) is 14.1. The van der Waals surface area contributed by atoms with Gasteiger partial charge in [-0.1, -0.05) is 0 Å². The summed E-state index contributed by atoms with van der Waals surface area (Å²) < 4.78 is 3.03. The zero-order valence-corrected chi connectivity index (χ0v) is 14.1. The van der Waals surface area contributed by atoms with E-state index in [9.17, 15) is 9.59 Å². The molecule has 0 aromatic carbocycles. The molecule has 0 radical (unpaired) electrons. The molecule has 8 heteroatoms. The van der Waals surface area contributed by atoms with Crippen molar-refractivity contribution in [3.05, 3.63) is 51.3 Å². The van der Waals surface area contributed by atoms with E-state index >= 15 is 0 Å². The molecule has 3 aromatic heterocycles. The van der Waals surface area contributed by atoms with Crippen molar-refractivity contribution in [1.82, 2.24) is 29.7 Å². The Hall–Kier alpha value is -2.90. The van der Waals surface area contributed by atoms with E-state index in [2.05, 4.69) is 20.5 Å². The molecule has 1 atom stereocenters. The van der Waals surface area contributed by atoms with E-state index in [4.69, 9.17) is 0 Å². The topological polar surface area (TPSA) is 97.1 Å². The third-order valence-electron chi connectivity index (χ3n) is 3.82. The summed E-state index contributed by atoms with van der Waals surface area (Å²) in [6.45, 7) is 7.58. The van der Waals surface area contributed by atoms with Crippen LogP contribution < -0.4 is 10.9 Å². The first kappa shape index (κ1) is 16.0. The molecule has 24 heavy (non-hydrogen) atoms. The van der Waals surface area contributed by atoms with E-state index in [0.29, 0.717) is 11.3 Å². The number of nitrogens with one attached hydrogen (secondary N) is 2. The van der Waals surface area contributed by atoms with Crippen LogP contribution in [0.4, 0.5) is 0 Å². The van der Waals surface area contributed by atoms with Crippen molar-refractivity contribution in [3.63, 3.8) is 0 Å². The van der Waals surface area contributed by atoms with Gasteiger partial charge in [0.2, 0.25) is 5.91 Å². The molecule has 0 bridgehead atoms. The molecule has 3 heterocycles. The first-order chi connectivity index (χ1) is 11.3. The second kappa shape index (κ2) is 5.95. The normalized spacial score (nSPS) is 12.5. The van der Waals surface area contributed by atoms with E-state index in [1.165, 1.54) is 10.6 Å². The summed E-state index contributed by atoms with van der Waals surface area (Å²) in [6.07, 6.45) is 0. The van der Waals surface area contributed by atoms with Crippen LogP contribution in [0.3, 0.4) is 0 Å². The predicted molar refractivity (Wildman–Crippen MR) is 88.8 cm³/mol. The summed E-state index contributed by atoms with van der Waals surface area (Å²) in [5, 5.41) is 10.0. The first-order valence-corrected chi connectivity index (χ1v) is 7.73. The van der Waals surface area contributed by atoms with Gasteiger partial charge in [0.1, 0.15) is 6.54 Å². The first-order valence-electron chi connectivity index (χ1n) is 7.73. The van der Waals surface area contributed by atoms with Gasteiger partial charge in [-0.05, 0) is 33.8 Å². The molecule has 8 nitrogen and oxygen atoms in total. The van der Waals surface area contributed by atoms with Crippen molar-refractivity contribution in [3.8, 4) is 0 Å². The van der Waals surface area contributed by atoms with Gasteiger partial charge in [-0.15, -0.1) is 0 Å². The van der Waals surface area contributed by atoms with Crippen LogP contribution in [-0.4, -0.2) is 30.3 Å². The van der Waals surface area contributed by atoms with Crippen LogP contribution in [0.5, 0.6) is 0 Å². The van der Waals surface area contributed by atoms with Gasteiger partial charge >= 0.3 is 0 Å². The number of aryl methyl sites for hydroxylation is 3. The number of amides is 1. The lowest BCUT2D eigenvalue weighted by atomic mass is 10.2. The number of fused-ring (bicyclic) bond motifs is 1. The quantitative estimate of drug-likeness (QED) is 0.747.